The molecule has 100 valence electrons. The molecule has 2 heterocycles. The van der Waals surface area contributed by atoms with Crippen molar-refractivity contribution in [3.05, 3.63) is 0 Å². The molecule has 18 heavy (non-hydrogen) atoms. The zero-order valence-electron chi connectivity index (χ0n) is 10.5. The number of carboxylic acid groups (broad SMARTS) is 1. The molecule has 2 rings (SSSR count). The lowest BCUT2D eigenvalue weighted by Crippen LogP contribution is -2.54. The van der Waals surface area contributed by atoms with Crippen molar-refractivity contribution in [2.45, 2.75) is 32.7 Å². The molecule has 2 fully saturated rings. The number of ether oxygens (including phenoxy) is 1. The number of rotatable bonds is 2. The Bertz CT molecular complexity index is 383. The Morgan fingerprint density at radius 2 is 1.83 bits per heavy atom. The maximum absolute atomic E-state index is 12.0. The minimum absolute atomic E-state index is 0.0560. The van der Waals surface area contributed by atoms with Crippen molar-refractivity contribution in [1.29, 1.82) is 0 Å². The van der Waals surface area contributed by atoms with Crippen LogP contribution in [0.4, 0.5) is 0 Å². The first-order chi connectivity index (χ1) is 8.32. The molecule has 2 saturated heterocycles. The number of amides is 2. The van der Waals surface area contributed by atoms with Gasteiger partial charge in [-0.05, 0) is 5.41 Å². The van der Waals surface area contributed by atoms with Crippen molar-refractivity contribution < 1.29 is 24.2 Å². The lowest BCUT2D eigenvalue weighted by molar-refractivity contribution is -0.157. The molecule has 0 aromatic heterocycles. The number of piperidine rings is 1. The molecule has 0 aliphatic carbocycles. The zero-order chi connectivity index (χ0) is 13.5. The highest BCUT2D eigenvalue weighted by atomic mass is 16.5. The summed E-state index contributed by atoms with van der Waals surface area (Å²) >= 11 is 0. The minimum Gasteiger partial charge on any atom is -0.481 e. The van der Waals surface area contributed by atoms with Crippen LogP contribution >= 0.6 is 0 Å². The van der Waals surface area contributed by atoms with E-state index in [1.807, 2.05) is 13.8 Å². The molecule has 2 amide bonds. The Balaban J connectivity index is 2.20. The summed E-state index contributed by atoms with van der Waals surface area (Å²) in [5.74, 6) is -2.42. The fraction of sp³-hybridized carbons (Fsp3) is 0.750. The average Bonchev–Trinajstić information content (AvgIpc) is 2.62. The Labute approximate surface area is 105 Å². The van der Waals surface area contributed by atoms with E-state index in [0.29, 0.717) is 0 Å². The van der Waals surface area contributed by atoms with Gasteiger partial charge in [0, 0.05) is 12.8 Å². The molecule has 0 radical (unpaired) electrons. The van der Waals surface area contributed by atoms with Crippen LogP contribution in [0.25, 0.3) is 0 Å². The number of aliphatic carboxylic acids is 1. The van der Waals surface area contributed by atoms with E-state index >= 15 is 0 Å². The first-order valence-electron chi connectivity index (χ1n) is 5.97. The van der Waals surface area contributed by atoms with E-state index in [4.69, 9.17) is 9.84 Å². The Hall–Kier alpha value is -1.43. The van der Waals surface area contributed by atoms with Gasteiger partial charge in [0.05, 0.1) is 19.3 Å². The molecule has 2 aliphatic heterocycles. The van der Waals surface area contributed by atoms with Crippen molar-refractivity contribution in [1.82, 2.24) is 4.90 Å². The summed E-state index contributed by atoms with van der Waals surface area (Å²) in [7, 11) is 0. The third-order valence-electron chi connectivity index (χ3n) is 3.50. The zero-order valence-corrected chi connectivity index (χ0v) is 10.5. The summed E-state index contributed by atoms with van der Waals surface area (Å²) in [6, 6.07) is -0.654. The SMILES string of the molecule is CC1(C)CC(=O)N(C2COCC2C(=O)O)C(=O)C1. The van der Waals surface area contributed by atoms with Gasteiger partial charge in [0.15, 0.2) is 0 Å². The average molecular weight is 255 g/mol. The van der Waals surface area contributed by atoms with Crippen LogP contribution in [-0.4, -0.2) is 47.0 Å². The summed E-state index contributed by atoms with van der Waals surface area (Å²) in [6.07, 6.45) is 0.531. The maximum atomic E-state index is 12.0. The Kier molecular flexibility index (Phi) is 3.14. The molecule has 0 aromatic carbocycles. The van der Waals surface area contributed by atoms with Gasteiger partial charge < -0.3 is 9.84 Å². The molecule has 0 aromatic rings. The van der Waals surface area contributed by atoms with Crippen LogP contribution in [0.1, 0.15) is 26.7 Å². The summed E-state index contributed by atoms with van der Waals surface area (Å²) in [5, 5.41) is 9.06. The molecule has 0 bridgehead atoms. The summed E-state index contributed by atoms with van der Waals surface area (Å²) in [5.41, 5.74) is -0.344. The number of nitrogens with zero attached hydrogens (tertiary/aromatic N) is 1. The minimum atomic E-state index is -1.03. The highest BCUT2D eigenvalue weighted by Gasteiger charge is 2.47. The van der Waals surface area contributed by atoms with E-state index < -0.39 is 17.9 Å². The second kappa shape index (κ2) is 4.35. The van der Waals surface area contributed by atoms with Crippen LogP contribution in [0.2, 0.25) is 0 Å². The molecular formula is C12H17NO5. The van der Waals surface area contributed by atoms with Gasteiger partial charge in [0.2, 0.25) is 11.8 Å². The topological polar surface area (TPSA) is 83.9 Å². The van der Waals surface area contributed by atoms with Crippen LogP contribution in [-0.2, 0) is 19.1 Å². The lowest BCUT2D eigenvalue weighted by atomic mass is 9.81. The van der Waals surface area contributed by atoms with Crippen molar-refractivity contribution in [2.75, 3.05) is 13.2 Å². The van der Waals surface area contributed by atoms with Crippen LogP contribution in [0.15, 0.2) is 0 Å². The second-order valence-electron chi connectivity index (χ2n) is 5.72. The maximum Gasteiger partial charge on any atom is 0.311 e. The smallest absolute Gasteiger partial charge is 0.311 e. The van der Waals surface area contributed by atoms with Crippen molar-refractivity contribution in [2.24, 2.45) is 11.3 Å². The van der Waals surface area contributed by atoms with E-state index in [0.717, 1.165) is 4.90 Å². The summed E-state index contributed by atoms with van der Waals surface area (Å²) in [6.45, 7) is 3.90. The number of carboxylic acids is 1. The van der Waals surface area contributed by atoms with Gasteiger partial charge >= 0.3 is 5.97 Å². The second-order valence-corrected chi connectivity index (χ2v) is 5.72. The van der Waals surface area contributed by atoms with Gasteiger partial charge in [-0.1, -0.05) is 13.8 Å². The van der Waals surface area contributed by atoms with E-state index in [1.54, 1.807) is 0 Å². The van der Waals surface area contributed by atoms with Crippen molar-refractivity contribution >= 4 is 17.8 Å². The van der Waals surface area contributed by atoms with Gasteiger partial charge in [-0.3, -0.25) is 19.3 Å². The molecule has 1 N–H and O–H groups in total. The van der Waals surface area contributed by atoms with E-state index in [1.165, 1.54) is 0 Å². The monoisotopic (exact) mass is 255 g/mol. The highest BCUT2D eigenvalue weighted by molar-refractivity contribution is 5.99. The van der Waals surface area contributed by atoms with Crippen molar-refractivity contribution in [3.63, 3.8) is 0 Å². The number of hydrogen-bond acceptors (Lipinski definition) is 4. The van der Waals surface area contributed by atoms with E-state index in [-0.39, 0.29) is 43.3 Å². The number of imide groups is 1. The molecule has 0 spiro atoms. The highest BCUT2D eigenvalue weighted by Crippen LogP contribution is 2.34. The normalized spacial score (nSPS) is 31.8. The van der Waals surface area contributed by atoms with Gasteiger partial charge in [0.1, 0.15) is 5.92 Å². The van der Waals surface area contributed by atoms with Gasteiger partial charge in [-0.25, -0.2) is 0 Å². The number of carbonyl (C=O) groups excluding carboxylic acids is 2. The predicted molar refractivity (Wildman–Crippen MR) is 60.6 cm³/mol. The van der Waals surface area contributed by atoms with Crippen LogP contribution in [0.5, 0.6) is 0 Å². The molecule has 6 heteroatoms. The Morgan fingerprint density at radius 1 is 1.28 bits per heavy atom. The molecule has 6 nitrogen and oxygen atoms in total. The summed E-state index contributed by atoms with van der Waals surface area (Å²) < 4.78 is 5.11. The molecule has 0 saturated carbocycles. The molecule has 2 aliphatic rings. The Morgan fingerprint density at radius 3 is 2.33 bits per heavy atom. The van der Waals surface area contributed by atoms with E-state index in [2.05, 4.69) is 0 Å². The van der Waals surface area contributed by atoms with Gasteiger partial charge in [0.25, 0.3) is 0 Å². The van der Waals surface area contributed by atoms with Crippen LogP contribution in [0, 0.1) is 11.3 Å². The number of hydrogen-bond donors (Lipinski definition) is 1. The third kappa shape index (κ3) is 2.25. The lowest BCUT2D eigenvalue weighted by Gasteiger charge is -2.38. The van der Waals surface area contributed by atoms with E-state index in [9.17, 15) is 14.4 Å². The fourth-order valence-electron chi connectivity index (χ4n) is 2.59. The first kappa shape index (κ1) is 13.0. The largest absolute Gasteiger partial charge is 0.481 e. The molecular weight excluding hydrogens is 238 g/mol. The van der Waals surface area contributed by atoms with Gasteiger partial charge in [-0.2, -0.15) is 0 Å². The van der Waals surface area contributed by atoms with Crippen LogP contribution < -0.4 is 0 Å². The molecule has 2 atom stereocenters. The van der Waals surface area contributed by atoms with Gasteiger partial charge in [-0.15, -0.1) is 0 Å². The predicted octanol–water partition coefficient (Wildman–Crippen LogP) is 0.261. The third-order valence-corrected chi connectivity index (χ3v) is 3.50. The quantitative estimate of drug-likeness (QED) is 0.715. The first-order valence-corrected chi connectivity index (χ1v) is 5.97. The van der Waals surface area contributed by atoms with Crippen molar-refractivity contribution in [3.8, 4) is 0 Å². The summed E-state index contributed by atoms with van der Waals surface area (Å²) in [4.78, 5) is 36.2. The van der Waals surface area contributed by atoms with Crippen LogP contribution in [0.3, 0.4) is 0 Å². The standard InChI is InChI=1S/C12H17NO5/c1-12(2)3-9(14)13(10(15)4-12)8-6-18-5-7(8)11(16)17/h7-8H,3-6H2,1-2H3,(H,16,17). The molecule has 2 unspecified atom stereocenters. The fourth-order valence-corrected chi connectivity index (χ4v) is 2.59. The number of likely N-dealkylation sites (tertiary alicyclic amines) is 1. The number of carbonyl (C=O) groups is 3.